The molecule has 0 saturated carbocycles. The Morgan fingerprint density at radius 3 is 2.72 bits per heavy atom. The predicted molar refractivity (Wildman–Crippen MR) is 96.0 cm³/mol. The van der Waals surface area contributed by atoms with Gasteiger partial charge in [-0.1, -0.05) is 0 Å². The van der Waals surface area contributed by atoms with Crippen molar-refractivity contribution in [1.82, 2.24) is 9.80 Å². The number of carbonyl (C=O) groups excluding carboxylic acids is 1. The molecule has 0 bridgehead atoms. The van der Waals surface area contributed by atoms with Crippen LogP contribution in [0.1, 0.15) is 19.3 Å². The fourth-order valence-electron chi connectivity index (χ4n) is 4.22. The summed E-state index contributed by atoms with van der Waals surface area (Å²) in [5.74, 6) is 0.822. The second-order valence-electron chi connectivity index (χ2n) is 7.72. The van der Waals surface area contributed by atoms with Crippen molar-refractivity contribution in [2.45, 2.75) is 25.4 Å². The lowest BCUT2D eigenvalue weighted by Gasteiger charge is -2.24. The molecule has 2 unspecified atom stereocenters. The van der Waals surface area contributed by atoms with E-state index in [0.29, 0.717) is 12.0 Å². The largest absolute Gasteiger partial charge is 0.488 e. The number of anilines is 1. The van der Waals surface area contributed by atoms with Crippen molar-refractivity contribution in [3.63, 3.8) is 0 Å². The van der Waals surface area contributed by atoms with E-state index < -0.39 is 0 Å². The van der Waals surface area contributed by atoms with Crippen LogP contribution < -0.4 is 10.1 Å². The van der Waals surface area contributed by atoms with Crippen LogP contribution in [0.2, 0.25) is 0 Å². The molecule has 1 aromatic carbocycles. The second-order valence-corrected chi connectivity index (χ2v) is 7.72. The molecular formula is C19H27N3O3. The molecule has 0 aliphatic carbocycles. The Balaban J connectivity index is 1.30. The predicted octanol–water partition coefficient (Wildman–Crippen LogP) is 2.41. The van der Waals surface area contributed by atoms with Gasteiger partial charge < -0.3 is 24.6 Å². The van der Waals surface area contributed by atoms with Crippen LogP contribution in [0.15, 0.2) is 24.3 Å². The van der Waals surface area contributed by atoms with E-state index in [1.165, 1.54) is 6.42 Å². The highest BCUT2D eigenvalue weighted by molar-refractivity contribution is 5.89. The fraction of sp³-hybridized carbons (Fsp3) is 0.632. The smallest absolute Gasteiger partial charge is 0.321 e. The van der Waals surface area contributed by atoms with Gasteiger partial charge in [-0.2, -0.15) is 0 Å². The average Bonchev–Trinajstić information content (AvgIpc) is 3.33. The van der Waals surface area contributed by atoms with Crippen molar-refractivity contribution in [3.05, 3.63) is 24.3 Å². The average molecular weight is 345 g/mol. The first kappa shape index (κ1) is 16.7. The summed E-state index contributed by atoms with van der Waals surface area (Å²) in [6.45, 7) is 5.39. The van der Waals surface area contributed by atoms with Crippen molar-refractivity contribution in [1.29, 1.82) is 0 Å². The van der Waals surface area contributed by atoms with Crippen LogP contribution in [0.4, 0.5) is 10.5 Å². The van der Waals surface area contributed by atoms with E-state index in [0.717, 1.165) is 57.1 Å². The van der Waals surface area contributed by atoms with Crippen molar-refractivity contribution in [2.75, 3.05) is 51.8 Å². The first-order chi connectivity index (χ1) is 12.1. The first-order valence-electron chi connectivity index (χ1n) is 9.21. The summed E-state index contributed by atoms with van der Waals surface area (Å²) in [4.78, 5) is 16.9. The van der Waals surface area contributed by atoms with Crippen LogP contribution in [0, 0.1) is 5.41 Å². The normalized spacial score (nSPS) is 29.5. The topological polar surface area (TPSA) is 54.0 Å². The number of likely N-dealkylation sites (tertiary alicyclic amines) is 2. The quantitative estimate of drug-likeness (QED) is 0.914. The van der Waals surface area contributed by atoms with Gasteiger partial charge >= 0.3 is 6.03 Å². The van der Waals surface area contributed by atoms with Crippen molar-refractivity contribution >= 4 is 11.7 Å². The standard InChI is InChI=1S/C19H27N3O3/c1-21-9-7-19(13-21)8-10-22(14-19)18(23)20-15-2-4-16(5-3-15)25-17-6-11-24-12-17/h2-5,17H,6-14H2,1H3,(H,20,23). The maximum absolute atomic E-state index is 12.6. The lowest BCUT2D eigenvalue weighted by Crippen LogP contribution is -2.36. The van der Waals surface area contributed by atoms with Gasteiger partial charge in [0.05, 0.1) is 13.2 Å². The molecule has 3 saturated heterocycles. The monoisotopic (exact) mass is 345 g/mol. The molecule has 3 aliphatic rings. The molecule has 3 heterocycles. The SMILES string of the molecule is CN1CCC2(CCN(C(=O)Nc3ccc(OC4CCOC4)cc3)C2)C1. The highest BCUT2D eigenvalue weighted by atomic mass is 16.5. The summed E-state index contributed by atoms with van der Waals surface area (Å²) in [6, 6.07) is 7.62. The molecule has 0 aromatic heterocycles. The number of rotatable bonds is 3. The maximum atomic E-state index is 12.6. The molecule has 4 rings (SSSR count). The molecule has 25 heavy (non-hydrogen) atoms. The van der Waals surface area contributed by atoms with E-state index >= 15 is 0 Å². The molecule has 1 N–H and O–H groups in total. The molecule has 6 heteroatoms. The minimum atomic E-state index is 0.00397. The molecule has 3 aliphatic heterocycles. The summed E-state index contributed by atoms with van der Waals surface area (Å²) in [7, 11) is 2.17. The van der Waals surface area contributed by atoms with Crippen LogP contribution in [-0.2, 0) is 4.74 Å². The van der Waals surface area contributed by atoms with Gasteiger partial charge in [0, 0.05) is 37.2 Å². The molecule has 6 nitrogen and oxygen atoms in total. The van der Waals surface area contributed by atoms with E-state index in [-0.39, 0.29) is 12.1 Å². The minimum absolute atomic E-state index is 0.00397. The Kier molecular flexibility index (Phi) is 4.56. The molecule has 0 radical (unpaired) electrons. The minimum Gasteiger partial charge on any atom is -0.488 e. The zero-order valence-electron chi connectivity index (χ0n) is 14.9. The van der Waals surface area contributed by atoms with Crippen LogP contribution in [-0.4, -0.2) is 68.4 Å². The molecule has 2 amide bonds. The lowest BCUT2D eigenvalue weighted by molar-refractivity contribution is 0.141. The molecule has 1 aromatic rings. The van der Waals surface area contributed by atoms with E-state index in [1.54, 1.807) is 0 Å². The lowest BCUT2D eigenvalue weighted by atomic mass is 9.86. The van der Waals surface area contributed by atoms with Gasteiger partial charge in [-0.3, -0.25) is 0 Å². The van der Waals surface area contributed by atoms with Crippen molar-refractivity contribution in [2.24, 2.45) is 5.41 Å². The van der Waals surface area contributed by atoms with Gasteiger partial charge in [0.2, 0.25) is 0 Å². The summed E-state index contributed by atoms with van der Waals surface area (Å²) in [5.41, 5.74) is 1.12. The first-order valence-corrected chi connectivity index (χ1v) is 9.21. The molecule has 2 atom stereocenters. The zero-order valence-corrected chi connectivity index (χ0v) is 14.9. The van der Waals surface area contributed by atoms with E-state index in [4.69, 9.17) is 9.47 Å². The number of hydrogen-bond donors (Lipinski definition) is 1. The molecule has 136 valence electrons. The Bertz CT molecular complexity index is 615. The third kappa shape index (κ3) is 3.75. The fourth-order valence-corrected chi connectivity index (χ4v) is 4.22. The number of ether oxygens (including phenoxy) is 2. The van der Waals surface area contributed by atoms with Crippen LogP contribution in [0.3, 0.4) is 0 Å². The molecule has 1 spiro atoms. The van der Waals surface area contributed by atoms with E-state index in [2.05, 4.69) is 17.3 Å². The van der Waals surface area contributed by atoms with Gasteiger partial charge in [0.25, 0.3) is 0 Å². The van der Waals surface area contributed by atoms with Crippen LogP contribution in [0.5, 0.6) is 5.75 Å². The number of hydrogen-bond acceptors (Lipinski definition) is 4. The summed E-state index contributed by atoms with van der Waals surface area (Å²) < 4.78 is 11.2. The number of amides is 2. The Labute approximate surface area is 149 Å². The van der Waals surface area contributed by atoms with E-state index in [1.807, 2.05) is 29.2 Å². The van der Waals surface area contributed by atoms with Crippen LogP contribution >= 0.6 is 0 Å². The third-order valence-electron chi connectivity index (χ3n) is 5.65. The van der Waals surface area contributed by atoms with Crippen LogP contribution in [0.25, 0.3) is 0 Å². The van der Waals surface area contributed by atoms with Gasteiger partial charge in [-0.15, -0.1) is 0 Å². The Morgan fingerprint density at radius 1 is 1.24 bits per heavy atom. The third-order valence-corrected chi connectivity index (χ3v) is 5.65. The molecule has 3 fully saturated rings. The zero-order chi connectivity index (χ0) is 17.3. The highest BCUT2D eigenvalue weighted by Crippen LogP contribution is 2.39. The second kappa shape index (κ2) is 6.84. The number of nitrogens with zero attached hydrogens (tertiary/aromatic N) is 2. The Morgan fingerprint density at radius 2 is 2.04 bits per heavy atom. The summed E-state index contributed by atoms with van der Waals surface area (Å²) in [5, 5.41) is 3.02. The van der Waals surface area contributed by atoms with Gasteiger partial charge in [0.1, 0.15) is 11.9 Å². The summed E-state index contributed by atoms with van der Waals surface area (Å²) >= 11 is 0. The Hall–Kier alpha value is -1.79. The van der Waals surface area contributed by atoms with Gasteiger partial charge in [-0.25, -0.2) is 4.79 Å². The maximum Gasteiger partial charge on any atom is 0.321 e. The number of nitrogens with one attached hydrogen (secondary N) is 1. The van der Waals surface area contributed by atoms with E-state index in [9.17, 15) is 4.79 Å². The number of benzene rings is 1. The van der Waals surface area contributed by atoms with Gasteiger partial charge in [-0.05, 0) is 50.7 Å². The number of urea groups is 1. The molecular weight excluding hydrogens is 318 g/mol. The number of carbonyl (C=O) groups is 1. The summed E-state index contributed by atoms with van der Waals surface area (Å²) in [6.07, 6.45) is 3.39. The van der Waals surface area contributed by atoms with Gasteiger partial charge in [0.15, 0.2) is 0 Å². The highest BCUT2D eigenvalue weighted by Gasteiger charge is 2.43. The van der Waals surface area contributed by atoms with Crippen molar-refractivity contribution in [3.8, 4) is 5.75 Å². The van der Waals surface area contributed by atoms with Crippen molar-refractivity contribution < 1.29 is 14.3 Å².